The van der Waals surface area contributed by atoms with Crippen LogP contribution in [0.1, 0.15) is 5.56 Å². The normalized spacial score (nSPS) is 10.3. The van der Waals surface area contributed by atoms with E-state index in [4.69, 9.17) is 5.11 Å². The second-order valence-corrected chi connectivity index (χ2v) is 4.44. The predicted octanol–water partition coefficient (Wildman–Crippen LogP) is 0.879. The van der Waals surface area contributed by atoms with Gasteiger partial charge in [-0.05, 0) is 17.2 Å². The molecule has 0 atom stereocenters. The highest BCUT2D eigenvalue weighted by atomic mass is 16.3. The molecule has 0 aliphatic carbocycles. The predicted molar refractivity (Wildman–Crippen MR) is 76.0 cm³/mol. The highest BCUT2D eigenvalue weighted by Gasteiger charge is 2.03. The van der Waals surface area contributed by atoms with Gasteiger partial charge in [0.2, 0.25) is 0 Å². The van der Waals surface area contributed by atoms with Crippen LogP contribution < -0.4 is 10.6 Å². The average Bonchev–Trinajstić information content (AvgIpc) is 2.90. The van der Waals surface area contributed by atoms with Crippen LogP contribution in [0.15, 0.2) is 36.7 Å². The first kappa shape index (κ1) is 14.1. The number of aryl methyl sites for hydroxylation is 1. The van der Waals surface area contributed by atoms with Crippen molar-refractivity contribution in [3.8, 4) is 11.1 Å². The van der Waals surface area contributed by atoms with Crippen molar-refractivity contribution in [2.75, 3.05) is 13.2 Å². The summed E-state index contributed by atoms with van der Waals surface area (Å²) in [5.41, 5.74) is 3.11. The fourth-order valence-corrected chi connectivity index (χ4v) is 1.85. The SMILES string of the molecule is Cn1cc(-c2cccc(CNC(=O)NCCO)c2)cn1. The van der Waals surface area contributed by atoms with Gasteiger partial charge in [0.1, 0.15) is 0 Å². The van der Waals surface area contributed by atoms with Crippen molar-refractivity contribution in [2.45, 2.75) is 6.54 Å². The molecule has 0 aliphatic heterocycles. The molecule has 6 heteroatoms. The van der Waals surface area contributed by atoms with Crippen LogP contribution in [0, 0.1) is 0 Å². The molecule has 0 bridgehead atoms. The van der Waals surface area contributed by atoms with Gasteiger partial charge < -0.3 is 15.7 Å². The van der Waals surface area contributed by atoms with Crippen molar-refractivity contribution in [3.05, 3.63) is 42.2 Å². The maximum absolute atomic E-state index is 11.4. The number of nitrogens with one attached hydrogen (secondary N) is 2. The molecule has 0 fully saturated rings. The fourth-order valence-electron chi connectivity index (χ4n) is 1.85. The molecular formula is C14H18N4O2. The molecule has 0 unspecified atom stereocenters. The van der Waals surface area contributed by atoms with E-state index in [0.29, 0.717) is 6.54 Å². The summed E-state index contributed by atoms with van der Waals surface area (Å²) in [7, 11) is 1.88. The van der Waals surface area contributed by atoms with Crippen molar-refractivity contribution in [1.82, 2.24) is 20.4 Å². The van der Waals surface area contributed by atoms with Crippen LogP contribution >= 0.6 is 0 Å². The monoisotopic (exact) mass is 274 g/mol. The second-order valence-electron chi connectivity index (χ2n) is 4.44. The summed E-state index contributed by atoms with van der Waals surface area (Å²) in [5.74, 6) is 0. The molecule has 2 amide bonds. The smallest absolute Gasteiger partial charge is 0.315 e. The molecule has 0 radical (unpaired) electrons. The van der Waals surface area contributed by atoms with Crippen LogP contribution in [0.4, 0.5) is 4.79 Å². The van der Waals surface area contributed by atoms with Gasteiger partial charge >= 0.3 is 6.03 Å². The van der Waals surface area contributed by atoms with Crippen LogP contribution in [-0.2, 0) is 13.6 Å². The molecule has 20 heavy (non-hydrogen) atoms. The standard InChI is InChI=1S/C14H18N4O2/c1-18-10-13(9-17-18)12-4-2-3-11(7-12)8-16-14(20)15-5-6-19/h2-4,7,9-10,19H,5-6,8H2,1H3,(H2,15,16,20). The molecule has 2 aromatic rings. The lowest BCUT2D eigenvalue weighted by molar-refractivity contribution is 0.234. The van der Waals surface area contributed by atoms with Crippen molar-refractivity contribution in [2.24, 2.45) is 7.05 Å². The molecule has 0 aliphatic rings. The average molecular weight is 274 g/mol. The van der Waals surface area contributed by atoms with Gasteiger partial charge in [-0.15, -0.1) is 0 Å². The van der Waals surface area contributed by atoms with E-state index in [-0.39, 0.29) is 19.2 Å². The number of hydrogen-bond donors (Lipinski definition) is 3. The number of rotatable bonds is 5. The number of aliphatic hydroxyl groups is 1. The summed E-state index contributed by atoms with van der Waals surface area (Å²) in [6, 6.07) is 7.64. The van der Waals surface area contributed by atoms with Gasteiger partial charge in [0.15, 0.2) is 0 Å². The van der Waals surface area contributed by atoms with Crippen LogP contribution in [0.5, 0.6) is 0 Å². The maximum Gasteiger partial charge on any atom is 0.315 e. The topological polar surface area (TPSA) is 79.2 Å². The Kier molecular flexibility index (Phi) is 4.73. The Morgan fingerprint density at radius 3 is 2.90 bits per heavy atom. The molecule has 0 saturated heterocycles. The van der Waals surface area contributed by atoms with Crippen molar-refractivity contribution < 1.29 is 9.90 Å². The van der Waals surface area contributed by atoms with Gasteiger partial charge in [-0.2, -0.15) is 5.10 Å². The summed E-state index contributed by atoms with van der Waals surface area (Å²) in [5, 5.41) is 18.0. The Morgan fingerprint density at radius 1 is 1.35 bits per heavy atom. The van der Waals surface area contributed by atoms with Crippen molar-refractivity contribution >= 4 is 6.03 Å². The van der Waals surface area contributed by atoms with E-state index < -0.39 is 0 Å². The lowest BCUT2D eigenvalue weighted by Gasteiger charge is -2.07. The molecule has 2 rings (SSSR count). The van der Waals surface area contributed by atoms with Gasteiger partial charge in [0.05, 0.1) is 12.8 Å². The minimum atomic E-state index is -0.286. The zero-order valence-electron chi connectivity index (χ0n) is 11.3. The van der Waals surface area contributed by atoms with Gasteiger partial charge in [-0.3, -0.25) is 4.68 Å². The summed E-state index contributed by atoms with van der Waals surface area (Å²) in [6.45, 7) is 0.622. The molecule has 1 heterocycles. The van der Waals surface area contributed by atoms with Gasteiger partial charge in [0, 0.05) is 31.9 Å². The van der Waals surface area contributed by atoms with Crippen molar-refractivity contribution in [1.29, 1.82) is 0 Å². The summed E-state index contributed by atoms with van der Waals surface area (Å²) in [4.78, 5) is 11.4. The quantitative estimate of drug-likeness (QED) is 0.757. The third-order valence-corrected chi connectivity index (χ3v) is 2.82. The number of urea groups is 1. The number of aromatic nitrogens is 2. The first-order valence-electron chi connectivity index (χ1n) is 6.39. The highest BCUT2D eigenvalue weighted by molar-refractivity contribution is 5.73. The molecule has 1 aromatic heterocycles. The van der Waals surface area contributed by atoms with E-state index in [2.05, 4.69) is 15.7 Å². The van der Waals surface area contributed by atoms with Gasteiger partial charge in [0.25, 0.3) is 0 Å². The van der Waals surface area contributed by atoms with E-state index in [0.717, 1.165) is 16.7 Å². The molecule has 106 valence electrons. The second kappa shape index (κ2) is 6.72. The first-order chi connectivity index (χ1) is 9.69. The first-order valence-corrected chi connectivity index (χ1v) is 6.39. The Hall–Kier alpha value is -2.34. The lowest BCUT2D eigenvalue weighted by atomic mass is 10.1. The van der Waals surface area contributed by atoms with Crippen LogP contribution in [0.3, 0.4) is 0 Å². The number of nitrogens with zero attached hydrogens (tertiary/aromatic N) is 2. The zero-order chi connectivity index (χ0) is 14.4. The summed E-state index contributed by atoms with van der Waals surface area (Å²) < 4.78 is 1.75. The van der Waals surface area contributed by atoms with Crippen LogP contribution in [0.2, 0.25) is 0 Å². The molecule has 0 saturated carbocycles. The number of carbonyl (C=O) groups is 1. The highest BCUT2D eigenvalue weighted by Crippen LogP contribution is 2.19. The molecular weight excluding hydrogens is 256 g/mol. The van der Waals surface area contributed by atoms with E-state index >= 15 is 0 Å². The van der Waals surface area contributed by atoms with E-state index in [1.165, 1.54) is 0 Å². The Balaban J connectivity index is 1.98. The number of hydrogen-bond acceptors (Lipinski definition) is 3. The van der Waals surface area contributed by atoms with E-state index in [1.54, 1.807) is 10.9 Å². The third-order valence-electron chi connectivity index (χ3n) is 2.82. The zero-order valence-corrected chi connectivity index (χ0v) is 11.3. The lowest BCUT2D eigenvalue weighted by Crippen LogP contribution is -2.36. The minimum Gasteiger partial charge on any atom is -0.395 e. The van der Waals surface area contributed by atoms with Crippen LogP contribution in [-0.4, -0.2) is 34.1 Å². The third kappa shape index (κ3) is 3.83. The van der Waals surface area contributed by atoms with Crippen molar-refractivity contribution in [3.63, 3.8) is 0 Å². The molecule has 0 spiro atoms. The van der Waals surface area contributed by atoms with E-state index in [1.807, 2.05) is 37.5 Å². The maximum atomic E-state index is 11.4. The van der Waals surface area contributed by atoms with Gasteiger partial charge in [-0.25, -0.2) is 4.79 Å². The largest absolute Gasteiger partial charge is 0.395 e. The Labute approximate surface area is 117 Å². The van der Waals surface area contributed by atoms with Gasteiger partial charge in [-0.1, -0.05) is 18.2 Å². The summed E-state index contributed by atoms with van der Waals surface area (Å²) >= 11 is 0. The Morgan fingerprint density at radius 2 is 2.20 bits per heavy atom. The van der Waals surface area contributed by atoms with E-state index in [9.17, 15) is 4.79 Å². The summed E-state index contributed by atoms with van der Waals surface area (Å²) in [6.07, 6.45) is 3.75. The number of amides is 2. The number of carbonyl (C=O) groups excluding carboxylic acids is 1. The number of benzene rings is 1. The van der Waals surface area contributed by atoms with Crippen LogP contribution in [0.25, 0.3) is 11.1 Å². The molecule has 6 nitrogen and oxygen atoms in total. The fraction of sp³-hybridized carbons (Fsp3) is 0.286. The molecule has 3 N–H and O–H groups in total. The molecule has 1 aromatic carbocycles. The Bertz CT molecular complexity index is 580. The minimum absolute atomic E-state index is 0.0656. The number of aliphatic hydroxyl groups excluding tert-OH is 1.